The van der Waals surface area contributed by atoms with Crippen molar-refractivity contribution in [3.8, 4) is 0 Å². The number of carbonyl (C=O) groups is 3. The monoisotopic (exact) mass is 280 g/mol. The second kappa shape index (κ2) is 7.28. The molecule has 0 spiro atoms. The van der Waals surface area contributed by atoms with Gasteiger partial charge in [0.1, 0.15) is 0 Å². The molecule has 20 heavy (non-hydrogen) atoms. The summed E-state index contributed by atoms with van der Waals surface area (Å²) in [5.74, 6) is -3.95. The molecule has 1 N–H and O–H groups in total. The van der Waals surface area contributed by atoms with E-state index in [-0.39, 0.29) is 18.6 Å². The van der Waals surface area contributed by atoms with Crippen molar-refractivity contribution in [3.63, 3.8) is 0 Å². The molecule has 0 saturated carbocycles. The molecule has 0 aliphatic rings. The number of esters is 2. The summed E-state index contributed by atoms with van der Waals surface area (Å²) < 4.78 is 9.29. The van der Waals surface area contributed by atoms with E-state index in [4.69, 9.17) is 9.84 Å². The van der Waals surface area contributed by atoms with E-state index in [1.165, 1.54) is 19.2 Å². The largest absolute Gasteiger partial charge is 0.480 e. The van der Waals surface area contributed by atoms with Crippen LogP contribution < -0.4 is 0 Å². The quantitative estimate of drug-likeness (QED) is 0.620. The number of ether oxygens (including phenoxy) is 2. The third-order valence-electron chi connectivity index (χ3n) is 2.63. The summed E-state index contributed by atoms with van der Waals surface area (Å²) >= 11 is 0. The zero-order valence-electron chi connectivity index (χ0n) is 11.3. The minimum absolute atomic E-state index is 0.0134. The van der Waals surface area contributed by atoms with Gasteiger partial charge in [-0.3, -0.25) is 14.4 Å². The van der Waals surface area contributed by atoms with Gasteiger partial charge in [0.05, 0.1) is 20.1 Å². The highest BCUT2D eigenvalue weighted by Crippen LogP contribution is 2.20. The van der Waals surface area contributed by atoms with E-state index in [1.807, 2.05) is 0 Å². The molecule has 0 aromatic heterocycles. The molecule has 0 bridgehead atoms. The molecule has 0 aliphatic carbocycles. The molecule has 1 rings (SSSR count). The summed E-state index contributed by atoms with van der Waals surface area (Å²) in [5.41, 5.74) is 0.849. The molecule has 1 aromatic rings. The Morgan fingerprint density at radius 3 is 2.55 bits per heavy atom. The maximum atomic E-state index is 11.7. The van der Waals surface area contributed by atoms with Gasteiger partial charge in [0.2, 0.25) is 0 Å². The average molecular weight is 280 g/mol. The highest BCUT2D eigenvalue weighted by Gasteiger charge is 2.29. The number of hydrogen-bond acceptors (Lipinski definition) is 5. The van der Waals surface area contributed by atoms with Crippen LogP contribution in [0.4, 0.5) is 0 Å². The maximum absolute atomic E-state index is 11.7. The molecule has 0 amide bonds. The standard InChI is InChI=1S/C14H16O6/c1-3-20-14(18)12(13(16)17)10-6-4-5-9(7-10)8-11(15)19-2/h4-7,12H,3,8H2,1-2H3,(H,16,17). The van der Waals surface area contributed by atoms with Crippen LogP contribution in [0, 0.1) is 0 Å². The van der Waals surface area contributed by atoms with Gasteiger partial charge in [-0.2, -0.15) is 0 Å². The summed E-state index contributed by atoms with van der Waals surface area (Å²) in [6.07, 6.45) is 0.0134. The highest BCUT2D eigenvalue weighted by atomic mass is 16.5. The minimum atomic E-state index is -1.40. The number of benzene rings is 1. The second-order valence-corrected chi connectivity index (χ2v) is 4.02. The Morgan fingerprint density at radius 2 is 2.00 bits per heavy atom. The molecule has 1 atom stereocenters. The van der Waals surface area contributed by atoms with E-state index in [0.717, 1.165) is 0 Å². The predicted molar refractivity (Wildman–Crippen MR) is 69.2 cm³/mol. The van der Waals surface area contributed by atoms with Crippen molar-refractivity contribution in [2.24, 2.45) is 0 Å². The van der Waals surface area contributed by atoms with Gasteiger partial charge in [-0.15, -0.1) is 0 Å². The van der Waals surface area contributed by atoms with Crippen LogP contribution in [0.3, 0.4) is 0 Å². The molecule has 0 fully saturated rings. The molecule has 6 heteroatoms. The van der Waals surface area contributed by atoms with Crippen molar-refractivity contribution >= 4 is 17.9 Å². The molecule has 6 nitrogen and oxygen atoms in total. The molecule has 0 heterocycles. The fraction of sp³-hybridized carbons (Fsp3) is 0.357. The molecule has 108 valence electrons. The van der Waals surface area contributed by atoms with Crippen molar-refractivity contribution in [3.05, 3.63) is 35.4 Å². The van der Waals surface area contributed by atoms with E-state index >= 15 is 0 Å². The van der Waals surface area contributed by atoms with Gasteiger partial charge in [-0.25, -0.2) is 0 Å². The van der Waals surface area contributed by atoms with E-state index in [0.29, 0.717) is 5.56 Å². The number of carboxylic acid groups (broad SMARTS) is 1. The topological polar surface area (TPSA) is 89.9 Å². The first kappa shape index (κ1) is 15.7. The lowest BCUT2D eigenvalue weighted by Crippen LogP contribution is -2.24. The summed E-state index contributed by atoms with van der Waals surface area (Å²) in [7, 11) is 1.27. The number of carbonyl (C=O) groups excluding carboxylic acids is 2. The van der Waals surface area contributed by atoms with E-state index in [9.17, 15) is 14.4 Å². The van der Waals surface area contributed by atoms with Gasteiger partial charge in [0.15, 0.2) is 5.92 Å². The first-order valence-electron chi connectivity index (χ1n) is 6.04. The third kappa shape index (κ3) is 4.08. The van der Waals surface area contributed by atoms with Crippen LogP contribution in [-0.4, -0.2) is 36.7 Å². The maximum Gasteiger partial charge on any atom is 0.324 e. The summed E-state index contributed by atoms with van der Waals surface area (Å²) in [4.78, 5) is 34.1. The first-order valence-corrected chi connectivity index (χ1v) is 6.04. The van der Waals surface area contributed by atoms with Crippen LogP contribution >= 0.6 is 0 Å². The lowest BCUT2D eigenvalue weighted by Gasteiger charge is -2.12. The smallest absolute Gasteiger partial charge is 0.324 e. The Morgan fingerprint density at radius 1 is 1.30 bits per heavy atom. The van der Waals surface area contributed by atoms with Crippen LogP contribution in [0.25, 0.3) is 0 Å². The minimum Gasteiger partial charge on any atom is -0.480 e. The van der Waals surface area contributed by atoms with E-state index in [2.05, 4.69) is 4.74 Å². The SMILES string of the molecule is CCOC(=O)C(C(=O)O)c1cccc(CC(=O)OC)c1. The Balaban J connectivity index is 3.03. The molecular formula is C14H16O6. The normalized spacial score (nSPS) is 11.5. The van der Waals surface area contributed by atoms with E-state index < -0.39 is 23.8 Å². The van der Waals surface area contributed by atoms with Crippen LogP contribution in [0.1, 0.15) is 24.0 Å². The van der Waals surface area contributed by atoms with Crippen molar-refractivity contribution in [2.45, 2.75) is 19.3 Å². The Labute approximate surface area is 116 Å². The van der Waals surface area contributed by atoms with Gasteiger partial charge < -0.3 is 14.6 Å². The van der Waals surface area contributed by atoms with Gasteiger partial charge in [-0.05, 0) is 18.1 Å². The van der Waals surface area contributed by atoms with Crippen LogP contribution in [0.15, 0.2) is 24.3 Å². The average Bonchev–Trinajstić information content (AvgIpc) is 2.39. The van der Waals surface area contributed by atoms with Gasteiger partial charge in [0, 0.05) is 0 Å². The number of rotatable bonds is 6. The molecule has 0 aliphatic heterocycles. The van der Waals surface area contributed by atoms with E-state index in [1.54, 1.807) is 19.1 Å². The highest BCUT2D eigenvalue weighted by molar-refractivity contribution is 6.00. The fourth-order valence-electron chi connectivity index (χ4n) is 1.73. The summed E-state index contributed by atoms with van der Waals surface area (Å²) in [6, 6.07) is 6.25. The molecule has 0 saturated heterocycles. The lowest BCUT2D eigenvalue weighted by molar-refractivity contribution is -0.153. The Kier molecular flexibility index (Phi) is 5.71. The van der Waals surface area contributed by atoms with Crippen LogP contribution in [0.2, 0.25) is 0 Å². The molecular weight excluding hydrogens is 264 g/mol. The fourth-order valence-corrected chi connectivity index (χ4v) is 1.73. The van der Waals surface area contributed by atoms with Crippen molar-refractivity contribution in [1.82, 2.24) is 0 Å². The van der Waals surface area contributed by atoms with Crippen LogP contribution in [-0.2, 0) is 30.3 Å². The summed E-state index contributed by atoms with van der Waals surface area (Å²) in [5, 5.41) is 9.15. The molecule has 1 aromatic carbocycles. The lowest BCUT2D eigenvalue weighted by atomic mass is 9.96. The van der Waals surface area contributed by atoms with Gasteiger partial charge in [0.25, 0.3) is 0 Å². The first-order chi connectivity index (χ1) is 9.49. The summed E-state index contributed by atoms with van der Waals surface area (Å²) in [6.45, 7) is 1.70. The molecule has 1 unspecified atom stereocenters. The van der Waals surface area contributed by atoms with Crippen molar-refractivity contribution < 1.29 is 29.0 Å². The Hall–Kier alpha value is -2.37. The zero-order valence-corrected chi connectivity index (χ0v) is 11.3. The van der Waals surface area contributed by atoms with Crippen molar-refractivity contribution in [2.75, 3.05) is 13.7 Å². The zero-order chi connectivity index (χ0) is 15.1. The predicted octanol–water partition coefficient (Wildman–Crippen LogP) is 1.13. The number of methoxy groups -OCH3 is 1. The molecule has 0 radical (unpaired) electrons. The number of carboxylic acids is 1. The second-order valence-electron chi connectivity index (χ2n) is 4.02. The van der Waals surface area contributed by atoms with Gasteiger partial charge >= 0.3 is 17.9 Å². The number of aliphatic carboxylic acids is 1. The third-order valence-corrected chi connectivity index (χ3v) is 2.63. The Bertz CT molecular complexity index is 508. The van der Waals surface area contributed by atoms with Crippen LogP contribution in [0.5, 0.6) is 0 Å². The van der Waals surface area contributed by atoms with Crippen molar-refractivity contribution in [1.29, 1.82) is 0 Å². The van der Waals surface area contributed by atoms with Gasteiger partial charge in [-0.1, -0.05) is 24.3 Å². The number of hydrogen-bond donors (Lipinski definition) is 1.